The van der Waals surface area contributed by atoms with Crippen LogP contribution in [0.1, 0.15) is 11.1 Å². The monoisotopic (exact) mass is 234 g/mol. The fourth-order valence-corrected chi connectivity index (χ4v) is 1.55. The molecular formula is C10H16Cl2N2. The van der Waals surface area contributed by atoms with E-state index in [4.69, 9.17) is 0 Å². The van der Waals surface area contributed by atoms with E-state index in [1.165, 1.54) is 16.8 Å². The molecule has 14 heavy (non-hydrogen) atoms. The standard InChI is InChI=1S/C10H14N2.2ClH/c1-8-2-3-10-9(6-8)7-11-4-5-12-10;;/h2-3,6,11-12H,4-5,7H2,1H3;2*1H. The van der Waals surface area contributed by atoms with Gasteiger partial charge in [-0.15, -0.1) is 24.8 Å². The van der Waals surface area contributed by atoms with Crippen LogP contribution in [0.4, 0.5) is 5.69 Å². The molecule has 0 spiro atoms. The van der Waals surface area contributed by atoms with Gasteiger partial charge < -0.3 is 10.6 Å². The highest BCUT2D eigenvalue weighted by Crippen LogP contribution is 2.17. The van der Waals surface area contributed by atoms with Crippen molar-refractivity contribution < 1.29 is 0 Å². The zero-order valence-electron chi connectivity index (χ0n) is 8.17. The second-order valence-electron chi connectivity index (χ2n) is 3.26. The molecule has 0 saturated carbocycles. The molecule has 0 saturated heterocycles. The number of hydrogen-bond acceptors (Lipinski definition) is 2. The molecule has 80 valence electrons. The summed E-state index contributed by atoms with van der Waals surface area (Å²) in [5.74, 6) is 0. The Labute approximate surface area is 97.3 Å². The van der Waals surface area contributed by atoms with Gasteiger partial charge in [0.25, 0.3) is 0 Å². The first-order valence-corrected chi connectivity index (χ1v) is 4.40. The van der Waals surface area contributed by atoms with E-state index >= 15 is 0 Å². The summed E-state index contributed by atoms with van der Waals surface area (Å²) in [4.78, 5) is 0. The average molecular weight is 235 g/mol. The van der Waals surface area contributed by atoms with Crippen LogP contribution in [0.3, 0.4) is 0 Å². The minimum Gasteiger partial charge on any atom is -0.384 e. The lowest BCUT2D eigenvalue weighted by molar-refractivity contribution is 0.725. The highest BCUT2D eigenvalue weighted by molar-refractivity contribution is 5.85. The van der Waals surface area contributed by atoms with Crippen LogP contribution in [0.2, 0.25) is 0 Å². The van der Waals surface area contributed by atoms with Crippen LogP contribution in [-0.2, 0) is 6.54 Å². The van der Waals surface area contributed by atoms with Gasteiger partial charge >= 0.3 is 0 Å². The van der Waals surface area contributed by atoms with Crippen LogP contribution in [-0.4, -0.2) is 13.1 Å². The number of halogens is 2. The van der Waals surface area contributed by atoms with E-state index in [9.17, 15) is 0 Å². The summed E-state index contributed by atoms with van der Waals surface area (Å²) in [6.07, 6.45) is 0. The van der Waals surface area contributed by atoms with Crippen molar-refractivity contribution in [2.45, 2.75) is 13.5 Å². The van der Waals surface area contributed by atoms with Crippen LogP contribution < -0.4 is 10.6 Å². The van der Waals surface area contributed by atoms with E-state index in [2.05, 4.69) is 35.8 Å². The third-order valence-corrected chi connectivity index (χ3v) is 2.19. The zero-order valence-corrected chi connectivity index (χ0v) is 9.80. The summed E-state index contributed by atoms with van der Waals surface area (Å²) in [6.45, 7) is 5.19. The lowest BCUT2D eigenvalue weighted by atomic mass is 10.1. The molecule has 1 aromatic rings. The summed E-state index contributed by atoms with van der Waals surface area (Å²) >= 11 is 0. The molecule has 1 aliphatic heterocycles. The molecule has 4 heteroatoms. The van der Waals surface area contributed by atoms with E-state index in [1.807, 2.05) is 0 Å². The normalized spacial score (nSPS) is 13.8. The van der Waals surface area contributed by atoms with Gasteiger partial charge in [-0.1, -0.05) is 17.7 Å². The van der Waals surface area contributed by atoms with Crippen molar-refractivity contribution in [3.05, 3.63) is 29.3 Å². The highest BCUT2D eigenvalue weighted by atomic mass is 35.5. The summed E-state index contributed by atoms with van der Waals surface area (Å²) in [6, 6.07) is 6.55. The van der Waals surface area contributed by atoms with Crippen molar-refractivity contribution >= 4 is 30.5 Å². The fraction of sp³-hybridized carbons (Fsp3) is 0.400. The molecule has 0 amide bonds. The van der Waals surface area contributed by atoms with Crippen LogP contribution in [0.5, 0.6) is 0 Å². The SMILES string of the molecule is Cc1ccc2c(c1)CNCCN2.Cl.Cl. The van der Waals surface area contributed by atoms with Crippen LogP contribution in [0.25, 0.3) is 0 Å². The maximum absolute atomic E-state index is 3.39. The number of aryl methyl sites for hydroxylation is 1. The molecule has 0 unspecified atom stereocenters. The van der Waals surface area contributed by atoms with Gasteiger partial charge in [-0.25, -0.2) is 0 Å². The molecule has 0 radical (unpaired) electrons. The van der Waals surface area contributed by atoms with Crippen molar-refractivity contribution in [1.29, 1.82) is 0 Å². The Morgan fingerprint density at radius 3 is 2.71 bits per heavy atom. The molecule has 2 N–H and O–H groups in total. The lowest BCUT2D eigenvalue weighted by Crippen LogP contribution is -2.16. The molecule has 1 aliphatic rings. The molecule has 1 heterocycles. The van der Waals surface area contributed by atoms with E-state index in [-0.39, 0.29) is 24.8 Å². The first-order chi connectivity index (χ1) is 5.86. The van der Waals surface area contributed by atoms with E-state index in [0.717, 1.165) is 19.6 Å². The number of fused-ring (bicyclic) bond motifs is 1. The number of benzene rings is 1. The molecule has 0 fully saturated rings. The van der Waals surface area contributed by atoms with Crippen molar-refractivity contribution in [1.82, 2.24) is 5.32 Å². The Bertz CT molecular complexity index is 289. The number of hydrogen-bond donors (Lipinski definition) is 2. The summed E-state index contributed by atoms with van der Waals surface area (Å²) in [5.41, 5.74) is 4.00. The zero-order chi connectivity index (χ0) is 8.39. The van der Waals surface area contributed by atoms with Crippen molar-refractivity contribution in [2.75, 3.05) is 18.4 Å². The van der Waals surface area contributed by atoms with Gasteiger partial charge in [0.2, 0.25) is 0 Å². The summed E-state index contributed by atoms with van der Waals surface area (Å²) in [5, 5.41) is 6.76. The lowest BCUT2D eigenvalue weighted by Gasteiger charge is -2.06. The highest BCUT2D eigenvalue weighted by Gasteiger charge is 2.04. The minimum atomic E-state index is 0. The van der Waals surface area contributed by atoms with Crippen molar-refractivity contribution in [3.8, 4) is 0 Å². The van der Waals surface area contributed by atoms with Gasteiger partial charge in [-0.2, -0.15) is 0 Å². The Morgan fingerprint density at radius 2 is 1.93 bits per heavy atom. The third-order valence-electron chi connectivity index (χ3n) is 2.19. The molecule has 0 atom stereocenters. The largest absolute Gasteiger partial charge is 0.384 e. The summed E-state index contributed by atoms with van der Waals surface area (Å²) < 4.78 is 0. The Kier molecular flexibility index (Phi) is 5.93. The van der Waals surface area contributed by atoms with Crippen LogP contribution >= 0.6 is 24.8 Å². The Hall–Kier alpha value is -0.440. The molecule has 2 nitrogen and oxygen atoms in total. The number of nitrogens with one attached hydrogen (secondary N) is 2. The quantitative estimate of drug-likeness (QED) is 0.721. The number of anilines is 1. The van der Waals surface area contributed by atoms with Gasteiger partial charge in [0.05, 0.1) is 0 Å². The second kappa shape index (κ2) is 6.12. The molecule has 2 rings (SSSR count). The first-order valence-electron chi connectivity index (χ1n) is 4.40. The Balaban J connectivity index is 0.000000845. The van der Waals surface area contributed by atoms with Gasteiger partial charge in [0.15, 0.2) is 0 Å². The molecule has 0 aliphatic carbocycles. The maximum Gasteiger partial charge on any atom is 0.0386 e. The van der Waals surface area contributed by atoms with Gasteiger partial charge in [-0.3, -0.25) is 0 Å². The summed E-state index contributed by atoms with van der Waals surface area (Å²) in [7, 11) is 0. The van der Waals surface area contributed by atoms with Gasteiger partial charge in [0.1, 0.15) is 0 Å². The van der Waals surface area contributed by atoms with E-state index in [1.54, 1.807) is 0 Å². The molecule has 0 bridgehead atoms. The number of rotatable bonds is 0. The van der Waals surface area contributed by atoms with Crippen LogP contribution in [0, 0.1) is 6.92 Å². The maximum atomic E-state index is 3.39. The predicted molar refractivity (Wildman–Crippen MR) is 65.9 cm³/mol. The Morgan fingerprint density at radius 1 is 1.14 bits per heavy atom. The van der Waals surface area contributed by atoms with Gasteiger partial charge in [0, 0.05) is 25.3 Å². The topological polar surface area (TPSA) is 24.1 Å². The first kappa shape index (κ1) is 13.6. The molecule has 0 aromatic heterocycles. The van der Waals surface area contributed by atoms with Crippen LogP contribution in [0.15, 0.2) is 18.2 Å². The minimum absolute atomic E-state index is 0. The molecular weight excluding hydrogens is 219 g/mol. The van der Waals surface area contributed by atoms with Crippen molar-refractivity contribution in [2.24, 2.45) is 0 Å². The van der Waals surface area contributed by atoms with E-state index < -0.39 is 0 Å². The fourth-order valence-electron chi connectivity index (χ4n) is 1.55. The van der Waals surface area contributed by atoms with Gasteiger partial charge in [-0.05, 0) is 18.6 Å². The average Bonchev–Trinajstić information content (AvgIpc) is 2.28. The third kappa shape index (κ3) is 3.05. The smallest absolute Gasteiger partial charge is 0.0386 e. The van der Waals surface area contributed by atoms with E-state index in [0.29, 0.717) is 0 Å². The predicted octanol–water partition coefficient (Wildman–Crippen LogP) is 2.35. The van der Waals surface area contributed by atoms with Crippen molar-refractivity contribution in [3.63, 3.8) is 0 Å². The second-order valence-corrected chi connectivity index (χ2v) is 3.26. The molecule has 1 aromatic carbocycles.